The molecule has 3 aromatic carbocycles. The summed E-state index contributed by atoms with van der Waals surface area (Å²) in [7, 11) is 0. The van der Waals surface area contributed by atoms with Crippen LogP contribution in [0.15, 0.2) is 79.0 Å². The number of nitrogens with one attached hydrogen (secondary N) is 2. The van der Waals surface area contributed by atoms with Crippen molar-refractivity contribution in [2.75, 3.05) is 10.6 Å². The molecule has 2 N–H and O–H groups in total. The molecule has 0 fully saturated rings. The molecular weight excluding hydrogens is 447 g/mol. The van der Waals surface area contributed by atoms with Gasteiger partial charge in [0.1, 0.15) is 5.69 Å². The number of carbonyl (C=O) groups excluding carboxylic acids is 2. The Morgan fingerprint density at radius 3 is 2.00 bits per heavy atom. The maximum Gasteiger partial charge on any atom is 0.416 e. The van der Waals surface area contributed by atoms with Crippen molar-refractivity contribution in [3.8, 4) is 16.9 Å². The number of amides is 2. The van der Waals surface area contributed by atoms with E-state index in [0.29, 0.717) is 28.3 Å². The molecule has 0 saturated heterocycles. The molecule has 1 heterocycles. The Morgan fingerprint density at radius 2 is 1.41 bits per heavy atom. The van der Waals surface area contributed by atoms with Gasteiger partial charge in [0.05, 0.1) is 17.4 Å². The second-order valence-corrected chi connectivity index (χ2v) is 7.38. The van der Waals surface area contributed by atoms with Gasteiger partial charge in [-0.05, 0) is 60.7 Å². The Kier molecular flexibility index (Phi) is 6.13. The lowest BCUT2D eigenvalue weighted by atomic mass is 10.1. The molecule has 0 radical (unpaired) electrons. The number of nitrogens with zero attached hydrogens (tertiary/aromatic N) is 3. The number of alkyl halides is 3. The molecule has 0 aliphatic carbocycles. The normalized spacial score (nSPS) is 11.2. The highest BCUT2D eigenvalue weighted by Gasteiger charge is 2.30. The van der Waals surface area contributed by atoms with Crippen molar-refractivity contribution in [2.24, 2.45) is 0 Å². The third kappa shape index (κ3) is 5.29. The van der Waals surface area contributed by atoms with Gasteiger partial charge >= 0.3 is 6.18 Å². The molecule has 10 heteroatoms. The molecule has 0 bridgehead atoms. The zero-order valence-corrected chi connectivity index (χ0v) is 17.8. The van der Waals surface area contributed by atoms with Crippen molar-refractivity contribution >= 4 is 23.2 Å². The van der Waals surface area contributed by atoms with Crippen LogP contribution in [0.2, 0.25) is 0 Å². The lowest BCUT2D eigenvalue weighted by Crippen LogP contribution is -2.12. The highest BCUT2D eigenvalue weighted by atomic mass is 19.4. The molecule has 172 valence electrons. The van der Waals surface area contributed by atoms with Crippen LogP contribution in [0, 0.1) is 0 Å². The van der Waals surface area contributed by atoms with Crippen LogP contribution < -0.4 is 10.6 Å². The fourth-order valence-electron chi connectivity index (χ4n) is 3.16. The zero-order chi connectivity index (χ0) is 24.3. The van der Waals surface area contributed by atoms with Crippen LogP contribution in [0.4, 0.5) is 24.5 Å². The second kappa shape index (κ2) is 9.18. The molecule has 7 nitrogen and oxygen atoms in total. The van der Waals surface area contributed by atoms with Gasteiger partial charge in [-0.3, -0.25) is 9.59 Å². The van der Waals surface area contributed by atoms with E-state index < -0.39 is 11.7 Å². The largest absolute Gasteiger partial charge is 0.416 e. The summed E-state index contributed by atoms with van der Waals surface area (Å²) in [6.07, 6.45) is -2.80. The van der Waals surface area contributed by atoms with E-state index in [-0.39, 0.29) is 11.8 Å². The molecule has 0 saturated carbocycles. The van der Waals surface area contributed by atoms with Crippen molar-refractivity contribution in [3.63, 3.8) is 0 Å². The van der Waals surface area contributed by atoms with E-state index in [2.05, 4.69) is 20.9 Å². The minimum atomic E-state index is -4.40. The number of rotatable bonds is 5. The van der Waals surface area contributed by atoms with Gasteiger partial charge in [0.15, 0.2) is 0 Å². The molecule has 2 amide bonds. The average molecular weight is 465 g/mol. The average Bonchev–Trinajstić information content (AvgIpc) is 3.29. The number of hydrogen-bond acceptors (Lipinski definition) is 4. The maximum absolute atomic E-state index is 12.7. The number of anilines is 2. The van der Waals surface area contributed by atoms with Crippen LogP contribution in [0.25, 0.3) is 16.9 Å². The second-order valence-electron chi connectivity index (χ2n) is 7.38. The van der Waals surface area contributed by atoms with Crippen molar-refractivity contribution in [3.05, 3.63) is 90.1 Å². The van der Waals surface area contributed by atoms with Gasteiger partial charge in [0.25, 0.3) is 5.91 Å². The highest BCUT2D eigenvalue weighted by Crippen LogP contribution is 2.29. The van der Waals surface area contributed by atoms with Crippen molar-refractivity contribution < 1.29 is 22.8 Å². The highest BCUT2D eigenvalue weighted by molar-refractivity contribution is 6.04. The summed E-state index contributed by atoms with van der Waals surface area (Å²) in [5.74, 6) is -0.507. The Bertz CT molecular complexity index is 1310. The Labute approximate surface area is 192 Å². The van der Waals surface area contributed by atoms with Crippen LogP contribution in [-0.2, 0) is 11.0 Å². The van der Waals surface area contributed by atoms with Crippen LogP contribution in [0.5, 0.6) is 0 Å². The van der Waals surface area contributed by atoms with Gasteiger partial charge in [-0.15, -0.1) is 5.10 Å². The van der Waals surface area contributed by atoms with Crippen LogP contribution in [0.1, 0.15) is 22.8 Å². The number of aromatic nitrogens is 3. The lowest BCUT2D eigenvalue weighted by Gasteiger charge is -2.07. The number of hydrogen-bond donors (Lipinski definition) is 2. The summed E-state index contributed by atoms with van der Waals surface area (Å²) in [4.78, 5) is 23.5. The van der Waals surface area contributed by atoms with E-state index in [1.54, 1.807) is 54.7 Å². The molecule has 0 unspecified atom stereocenters. The quantitative estimate of drug-likeness (QED) is 0.426. The molecule has 0 spiro atoms. The first-order valence-electron chi connectivity index (χ1n) is 10.1. The molecule has 1 aromatic heterocycles. The minimum Gasteiger partial charge on any atom is -0.326 e. The fourth-order valence-corrected chi connectivity index (χ4v) is 3.16. The van der Waals surface area contributed by atoms with Crippen LogP contribution in [-0.4, -0.2) is 26.8 Å². The number of benzene rings is 3. The molecule has 4 rings (SSSR count). The van der Waals surface area contributed by atoms with Gasteiger partial charge < -0.3 is 10.6 Å². The van der Waals surface area contributed by atoms with Crippen molar-refractivity contribution in [2.45, 2.75) is 13.1 Å². The maximum atomic E-state index is 12.7. The first-order valence-corrected chi connectivity index (χ1v) is 10.1. The Hall–Kier alpha value is -4.47. The van der Waals surface area contributed by atoms with E-state index in [1.165, 1.54) is 23.7 Å². The lowest BCUT2D eigenvalue weighted by molar-refractivity contribution is -0.137. The van der Waals surface area contributed by atoms with E-state index in [0.717, 1.165) is 17.7 Å². The van der Waals surface area contributed by atoms with E-state index in [4.69, 9.17) is 0 Å². The smallest absolute Gasteiger partial charge is 0.326 e. The zero-order valence-electron chi connectivity index (χ0n) is 17.8. The van der Waals surface area contributed by atoms with Gasteiger partial charge in [-0.1, -0.05) is 17.3 Å². The molecular formula is C24H18F3N5O2. The predicted molar refractivity (Wildman–Crippen MR) is 120 cm³/mol. The van der Waals surface area contributed by atoms with Crippen molar-refractivity contribution in [1.82, 2.24) is 15.0 Å². The summed E-state index contributed by atoms with van der Waals surface area (Å²) < 4.78 is 39.6. The van der Waals surface area contributed by atoms with Gasteiger partial charge in [-0.25, -0.2) is 4.68 Å². The standard InChI is InChI=1S/C24H18F3N5O2/c1-15(33)28-19-10-4-17(5-11-19)23(34)29-20-8-2-16(3-9-20)22-14-32(31-30-22)21-12-6-18(7-13-21)24(25,26)27/h2-14H,1H3,(H,28,33)(H,29,34). The van der Waals surface area contributed by atoms with E-state index in [9.17, 15) is 22.8 Å². The van der Waals surface area contributed by atoms with Gasteiger partial charge in [0, 0.05) is 29.4 Å². The third-order valence-corrected chi connectivity index (χ3v) is 4.86. The molecule has 0 aliphatic heterocycles. The fraction of sp³-hybridized carbons (Fsp3) is 0.0833. The molecule has 0 atom stereocenters. The topological polar surface area (TPSA) is 88.9 Å². The van der Waals surface area contributed by atoms with E-state index in [1.807, 2.05) is 0 Å². The van der Waals surface area contributed by atoms with Crippen molar-refractivity contribution in [1.29, 1.82) is 0 Å². The van der Waals surface area contributed by atoms with E-state index >= 15 is 0 Å². The third-order valence-electron chi connectivity index (χ3n) is 4.86. The predicted octanol–water partition coefficient (Wildman–Crippen LogP) is 5.16. The molecule has 34 heavy (non-hydrogen) atoms. The summed E-state index contributed by atoms with van der Waals surface area (Å²) in [5, 5.41) is 13.5. The van der Waals surface area contributed by atoms with Gasteiger partial charge in [0.2, 0.25) is 5.91 Å². The number of halogens is 3. The van der Waals surface area contributed by atoms with Crippen LogP contribution in [0.3, 0.4) is 0 Å². The molecule has 4 aromatic rings. The first-order chi connectivity index (χ1) is 16.2. The molecule has 0 aliphatic rings. The summed E-state index contributed by atoms with van der Waals surface area (Å²) in [6, 6.07) is 18.0. The minimum absolute atomic E-state index is 0.198. The van der Waals surface area contributed by atoms with Crippen LogP contribution >= 0.6 is 0 Å². The monoisotopic (exact) mass is 465 g/mol. The first kappa shape index (κ1) is 22.7. The Morgan fingerprint density at radius 1 is 0.824 bits per heavy atom. The SMILES string of the molecule is CC(=O)Nc1ccc(C(=O)Nc2ccc(-c3cn(-c4ccc(C(F)(F)F)cc4)nn3)cc2)cc1. The van der Waals surface area contributed by atoms with Gasteiger partial charge in [-0.2, -0.15) is 13.2 Å². The summed E-state index contributed by atoms with van der Waals surface area (Å²) in [6.45, 7) is 1.40. The number of carbonyl (C=O) groups is 2. The Balaban J connectivity index is 1.42. The summed E-state index contributed by atoms with van der Waals surface area (Å²) in [5.41, 5.74) is 2.53. The summed E-state index contributed by atoms with van der Waals surface area (Å²) >= 11 is 0.